The Morgan fingerprint density at radius 1 is 1.45 bits per heavy atom. The molecule has 3 N–H and O–H groups in total. The average molecular weight is 272 g/mol. The first-order valence-electron chi connectivity index (χ1n) is 6.71. The third-order valence-corrected chi connectivity index (χ3v) is 3.51. The van der Waals surface area contributed by atoms with Crippen LogP contribution in [-0.2, 0) is 16.0 Å². The first kappa shape index (κ1) is 12.7. The second-order valence-electron chi connectivity index (χ2n) is 4.95. The SMILES string of the molecule is O=C1CCC(C(=O)NCCc2ccc3nc[nH]c3c2)N1. The molecule has 104 valence electrons. The van der Waals surface area contributed by atoms with Crippen LogP contribution in [0.5, 0.6) is 0 Å². The van der Waals surface area contributed by atoms with Crippen LogP contribution in [0.4, 0.5) is 0 Å². The summed E-state index contributed by atoms with van der Waals surface area (Å²) in [6.45, 7) is 0.560. The Morgan fingerprint density at radius 3 is 3.15 bits per heavy atom. The number of carbonyl (C=O) groups is 2. The van der Waals surface area contributed by atoms with Gasteiger partial charge in [-0.3, -0.25) is 9.59 Å². The highest BCUT2D eigenvalue weighted by Crippen LogP contribution is 2.12. The lowest BCUT2D eigenvalue weighted by Crippen LogP contribution is -2.42. The van der Waals surface area contributed by atoms with Gasteiger partial charge in [0.1, 0.15) is 6.04 Å². The van der Waals surface area contributed by atoms with Gasteiger partial charge in [0.2, 0.25) is 11.8 Å². The lowest BCUT2D eigenvalue weighted by atomic mass is 10.1. The molecule has 0 radical (unpaired) electrons. The van der Waals surface area contributed by atoms with Gasteiger partial charge in [-0.2, -0.15) is 0 Å². The Kier molecular flexibility index (Phi) is 3.37. The van der Waals surface area contributed by atoms with Crippen molar-refractivity contribution in [3.63, 3.8) is 0 Å². The second-order valence-corrected chi connectivity index (χ2v) is 4.95. The third-order valence-electron chi connectivity index (χ3n) is 3.51. The number of amides is 2. The van der Waals surface area contributed by atoms with Crippen molar-refractivity contribution >= 4 is 22.8 Å². The molecule has 1 saturated heterocycles. The van der Waals surface area contributed by atoms with E-state index < -0.39 is 0 Å². The molecular weight excluding hydrogens is 256 g/mol. The minimum absolute atomic E-state index is 0.0464. The molecule has 1 aliphatic rings. The van der Waals surface area contributed by atoms with Gasteiger partial charge in [0, 0.05) is 13.0 Å². The first-order chi connectivity index (χ1) is 9.72. The molecule has 0 spiro atoms. The fourth-order valence-electron chi connectivity index (χ4n) is 2.40. The maximum Gasteiger partial charge on any atom is 0.242 e. The monoisotopic (exact) mass is 272 g/mol. The first-order valence-corrected chi connectivity index (χ1v) is 6.71. The van der Waals surface area contributed by atoms with Crippen molar-refractivity contribution in [2.45, 2.75) is 25.3 Å². The van der Waals surface area contributed by atoms with Gasteiger partial charge in [-0.05, 0) is 30.5 Å². The Bertz CT molecular complexity index is 649. The van der Waals surface area contributed by atoms with Crippen molar-refractivity contribution in [1.82, 2.24) is 20.6 Å². The van der Waals surface area contributed by atoms with Crippen LogP contribution in [0, 0.1) is 0 Å². The third kappa shape index (κ3) is 2.64. The van der Waals surface area contributed by atoms with Gasteiger partial charge < -0.3 is 15.6 Å². The van der Waals surface area contributed by atoms with E-state index in [4.69, 9.17) is 0 Å². The van der Waals surface area contributed by atoms with Crippen LogP contribution < -0.4 is 10.6 Å². The van der Waals surface area contributed by atoms with Crippen molar-refractivity contribution in [3.8, 4) is 0 Å². The van der Waals surface area contributed by atoms with Crippen molar-refractivity contribution in [2.75, 3.05) is 6.54 Å². The van der Waals surface area contributed by atoms with E-state index in [-0.39, 0.29) is 17.9 Å². The molecule has 2 heterocycles. The molecule has 1 atom stereocenters. The van der Waals surface area contributed by atoms with Crippen LogP contribution in [0.15, 0.2) is 24.5 Å². The van der Waals surface area contributed by atoms with Gasteiger partial charge in [-0.1, -0.05) is 6.07 Å². The molecule has 1 aromatic carbocycles. The minimum atomic E-state index is -0.363. The Labute approximate surface area is 116 Å². The summed E-state index contributed by atoms with van der Waals surface area (Å²) in [6, 6.07) is 5.64. The fraction of sp³-hybridized carbons (Fsp3) is 0.357. The summed E-state index contributed by atoms with van der Waals surface area (Å²) >= 11 is 0. The highest BCUT2D eigenvalue weighted by atomic mass is 16.2. The van der Waals surface area contributed by atoms with E-state index in [0.29, 0.717) is 19.4 Å². The van der Waals surface area contributed by atoms with Crippen LogP contribution in [-0.4, -0.2) is 34.4 Å². The average Bonchev–Trinajstić information content (AvgIpc) is 3.06. The van der Waals surface area contributed by atoms with Crippen molar-refractivity contribution in [3.05, 3.63) is 30.1 Å². The standard InChI is InChI=1S/C14H16N4O2/c19-13-4-3-11(18-13)14(20)15-6-5-9-1-2-10-12(7-9)17-8-16-10/h1-2,7-8,11H,3-6H2,(H,15,20)(H,16,17)(H,18,19). The second kappa shape index (κ2) is 5.32. The number of fused-ring (bicyclic) bond motifs is 1. The van der Waals surface area contributed by atoms with Crippen LogP contribution in [0.2, 0.25) is 0 Å². The van der Waals surface area contributed by atoms with Crippen LogP contribution in [0.25, 0.3) is 11.0 Å². The summed E-state index contributed by atoms with van der Waals surface area (Å²) < 4.78 is 0. The number of aromatic nitrogens is 2. The fourth-order valence-corrected chi connectivity index (χ4v) is 2.40. The largest absolute Gasteiger partial charge is 0.354 e. The summed E-state index contributed by atoms with van der Waals surface area (Å²) in [4.78, 5) is 30.1. The van der Waals surface area contributed by atoms with Gasteiger partial charge in [-0.15, -0.1) is 0 Å². The molecule has 0 bridgehead atoms. The smallest absolute Gasteiger partial charge is 0.242 e. The molecule has 1 aliphatic heterocycles. The number of imidazole rings is 1. The number of rotatable bonds is 4. The lowest BCUT2D eigenvalue weighted by molar-refractivity contribution is -0.125. The maximum atomic E-state index is 11.8. The van der Waals surface area contributed by atoms with Gasteiger partial charge in [-0.25, -0.2) is 4.98 Å². The number of hydrogen-bond acceptors (Lipinski definition) is 3. The number of hydrogen-bond donors (Lipinski definition) is 3. The molecule has 2 aromatic rings. The van der Waals surface area contributed by atoms with Crippen molar-refractivity contribution in [1.29, 1.82) is 0 Å². The van der Waals surface area contributed by atoms with Crippen LogP contribution in [0.1, 0.15) is 18.4 Å². The molecule has 6 heteroatoms. The van der Waals surface area contributed by atoms with E-state index in [9.17, 15) is 9.59 Å². The summed E-state index contributed by atoms with van der Waals surface area (Å²) in [5, 5.41) is 5.51. The molecule has 1 unspecified atom stereocenters. The molecule has 0 saturated carbocycles. The van der Waals surface area contributed by atoms with Crippen LogP contribution in [0.3, 0.4) is 0 Å². The molecule has 6 nitrogen and oxygen atoms in total. The molecule has 1 fully saturated rings. The number of carbonyl (C=O) groups excluding carboxylic acids is 2. The normalized spacial score (nSPS) is 18.2. The van der Waals surface area contributed by atoms with Gasteiger partial charge in [0.05, 0.1) is 17.4 Å². The summed E-state index contributed by atoms with van der Waals surface area (Å²) in [5.74, 6) is -0.145. The number of nitrogens with one attached hydrogen (secondary N) is 3. The van der Waals surface area contributed by atoms with E-state index in [1.54, 1.807) is 6.33 Å². The molecule has 1 aromatic heterocycles. The Hall–Kier alpha value is -2.37. The van der Waals surface area contributed by atoms with Crippen molar-refractivity contribution < 1.29 is 9.59 Å². The zero-order chi connectivity index (χ0) is 13.9. The van der Waals surface area contributed by atoms with E-state index in [0.717, 1.165) is 23.0 Å². The Balaban J connectivity index is 1.51. The summed E-state index contributed by atoms with van der Waals surface area (Å²) in [5.41, 5.74) is 3.07. The maximum absolute atomic E-state index is 11.8. The van der Waals surface area contributed by atoms with E-state index in [2.05, 4.69) is 20.6 Å². The predicted molar refractivity (Wildman–Crippen MR) is 74.0 cm³/mol. The van der Waals surface area contributed by atoms with E-state index >= 15 is 0 Å². The van der Waals surface area contributed by atoms with Gasteiger partial charge >= 0.3 is 0 Å². The van der Waals surface area contributed by atoms with E-state index in [1.807, 2.05) is 18.2 Å². The van der Waals surface area contributed by atoms with E-state index in [1.165, 1.54) is 0 Å². The number of aromatic amines is 1. The van der Waals surface area contributed by atoms with Gasteiger partial charge in [0.25, 0.3) is 0 Å². The molecule has 2 amide bonds. The number of benzene rings is 1. The summed E-state index contributed by atoms with van der Waals surface area (Å²) in [7, 11) is 0. The number of nitrogens with zero attached hydrogens (tertiary/aromatic N) is 1. The highest BCUT2D eigenvalue weighted by Gasteiger charge is 2.26. The molecule has 0 aliphatic carbocycles. The topological polar surface area (TPSA) is 86.9 Å². The molecule has 20 heavy (non-hydrogen) atoms. The zero-order valence-corrected chi connectivity index (χ0v) is 11.0. The molecular formula is C14H16N4O2. The van der Waals surface area contributed by atoms with Crippen LogP contribution >= 0.6 is 0 Å². The quantitative estimate of drug-likeness (QED) is 0.757. The minimum Gasteiger partial charge on any atom is -0.354 e. The Morgan fingerprint density at radius 2 is 2.35 bits per heavy atom. The lowest BCUT2D eigenvalue weighted by Gasteiger charge is -2.10. The number of H-pyrrole nitrogens is 1. The van der Waals surface area contributed by atoms with Gasteiger partial charge in [0.15, 0.2) is 0 Å². The predicted octanol–water partition coefficient (Wildman–Crippen LogP) is 0.500. The highest BCUT2D eigenvalue weighted by molar-refractivity contribution is 5.90. The molecule has 3 rings (SSSR count). The summed E-state index contributed by atoms with van der Waals surface area (Å²) in [6.07, 6.45) is 3.44. The zero-order valence-electron chi connectivity index (χ0n) is 11.0. The van der Waals surface area contributed by atoms with Crippen molar-refractivity contribution in [2.24, 2.45) is 0 Å².